The molecule has 1 aliphatic heterocycles. The van der Waals surface area contributed by atoms with Gasteiger partial charge in [0.15, 0.2) is 5.84 Å². The van der Waals surface area contributed by atoms with E-state index in [4.69, 9.17) is 16.3 Å². The molecule has 12 heteroatoms. The van der Waals surface area contributed by atoms with E-state index < -0.39 is 26.0 Å². The van der Waals surface area contributed by atoms with Crippen molar-refractivity contribution in [1.29, 1.82) is 0 Å². The first kappa shape index (κ1) is 25.8. The summed E-state index contributed by atoms with van der Waals surface area (Å²) in [6.07, 6.45) is 0. The first-order valence-electron chi connectivity index (χ1n) is 10.7. The topological polar surface area (TPSA) is 113 Å². The molecule has 3 aromatic rings. The first-order valence-corrected chi connectivity index (χ1v) is 13.9. The highest BCUT2D eigenvalue weighted by atomic mass is 35.5. The number of fused-ring (bicyclic) bond motifs is 1. The monoisotopic (exact) mass is 547 g/mol. The van der Waals surface area contributed by atoms with Crippen LogP contribution in [-0.2, 0) is 24.8 Å². The van der Waals surface area contributed by atoms with E-state index in [1.807, 2.05) is 0 Å². The van der Waals surface area contributed by atoms with E-state index in [9.17, 15) is 21.6 Å². The van der Waals surface area contributed by atoms with Crippen molar-refractivity contribution in [3.63, 3.8) is 0 Å². The summed E-state index contributed by atoms with van der Waals surface area (Å²) >= 11 is 6.02. The molecule has 0 saturated carbocycles. The van der Waals surface area contributed by atoms with Crippen LogP contribution in [0, 0.1) is 0 Å². The zero-order valence-corrected chi connectivity index (χ0v) is 21.7. The summed E-state index contributed by atoms with van der Waals surface area (Å²) in [4.78, 5) is 14.4. The van der Waals surface area contributed by atoms with Crippen LogP contribution in [0.4, 0.5) is 5.69 Å². The number of hydrogen-bond acceptors (Lipinski definition) is 7. The summed E-state index contributed by atoms with van der Waals surface area (Å²) in [5.74, 6) is -0.441. The number of anilines is 1. The van der Waals surface area contributed by atoms with Crippen LogP contribution in [0.5, 0.6) is 0 Å². The molecule has 0 bridgehead atoms. The maximum atomic E-state index is 12.6. The molecule has 0 aliphatic carbocycles. The number of amidine groups is 1. The number of carbonyl (C=O) groups excluding carboxylic acids is 1. The molecule has 0 radical (unpaired) electrons. The van der Waals surface area contributed by atoms with Crippen LogP contribution in [0.3, 0.4) is 0 Å². The molecule has 36 heavy (non-hydrogen) atoms. The third-order valence-electron chi connectivity index (χ3n) is 5.42. The molecule has 0 aromatic heterocycles. The van der Waals surface area contributed by atoms with Gasteiger partial charge in [0.1, 0.15) is 11.5 Å². The lowest BCUT2D eigenvalue weighted by Crippen LogP contribution is -2.34. The molecule has 0 saturated heterocycles. The number of rotatable bonds is 7. The molecule has 0 unspecified atom stereocenters. The molecule has 0 spiro atoms. The van der Waals surface area contributed by atoms with Crippen molar-refractivity contribution in [3.05, 3.63) is 88.9 Å². The summed E-state index contributed by atoms with van der Waals surface area (Å²) in [6, 6.07) is 18.7. The summed E-state index contributed by atoms with van der Waals surface area (Å²) < 4.78 is 60.1. The molecule has 0 amide bonds. The Morgan fingerprint density at radius 3 is 2.25 bits per heavy atom. The van der Waals surface area contributed by atoms with E-state index >= 15 is 0 Å². The van der Waals surface area contributed by atoms with Crippen LogP contribution in [0.15, 0.2) is 87.0 Å². The molecule has 0 fully saturated rings. The lowest BCUT2D eigenvalue weighted by atomic mass is 10.1. The lowest BCUT2D eigenvalue weighted by molar-refractivity contribution is 0.0517. The van der Waals surface area contributed by atoms with Gasteiger partial charge in [0.05, 0.1) is 17.0 Å². The maximum Gasteiger partial charge on any atom is 0.338 e. The quantitative estimate of drug-likeness (QED) is 0.416. The normalized spacial score (nSPS) is 14.3. The predicted octanol–water partition coefficient (Wildman–Crippen LogP) is 3.40. The van der Waals surface area contributed by atoms with E-state index in [2.05, 4.69) is 4.40 Å². The van der Waals surface area contributed by atoms with Gasteiger partial charge >= 0.3 is 5.97 Å². The molecular weight excluding hydrogens is 526 g/mol. The SMILES string of the molecule is CN(C)S(=O)(=O)c1ccc(C(=O)OCCN(C2=NS(=O)(=O)c3ccccc32)c2ccc(Cl)cc2)cc1. The maximum absolute atomic E-state index is 12.6. The molecule has 4 rings (SSSR count). The molecule has 1 heterocycles. The second-order valence-corrected chi connectivity index (χ2v) is 12.1. The van der Waals surface area contributed by atoms with E-state index in [1.54, 1.807) is 47.4 Å². The minimum atomic E-state index is -3.86. The van der Waals surface area contributed by atoms with Gasteiger partial charge in [-0.15, -0.1) is 4.40 Å². The Balaban J connectivity index is 1.54. The zero-order valence-electron chi connectivity index (χ0n) is 19.3. The van der Waals surface area contributed by atoms with Crippen molar-refractivity contribution in [2.75, 3.05) is 32.1 Å². The Morgan fingerprint density at radius 1 is 0.972 bits per heavy atom. The fourth-order valence-corrected chi connectivity index (χ4v) is 5.79. The fourth-order valence-electron chi connectivity index (χ4n) is 3.55. The van der Waals surface area contributed by atoms with Crippen molar-refractivity contribution in [2.45, 2.75) is 9.79 Å². The molecule has 0 atom stereocenters. The van der Waals surface area contributed by atoms with Crippen molar-refractivity contribution >= 4 is 49.1 Å². The van der Waals surface area contributed by atoms with Gasteiger partial charge in [-0.2, -0.15) is 8.42 Å². The third-order valence-corrected chi connectivity index (χ3v) is 8.83. The van der Waals surface area contributed by atoms with Gasteiger partial charge in [0.2, 0.25) is 10.0 Å². The van der Waals surface area contributed by atoms with Crippen molar-refractivity contribution < 1.29 is 26.4 Å². The summed E-state index contributed by atoms with van der Waals surface area (Å²) in [5, 5.41) is 0.506. The minimum Gasteiger partial charge on any atom is -0.460 e. The average molecular weight is 548 g/mol. The Labute approximate surface area is 214 Å². The third kappa shape index (κ3) is 5.14. The molecule has 3 aromatic carbocycles. The number of benzene rings is 3. The van der Waals surface area contributed by atoms with Gasteiger partial charge in [0.25, 0.3) is 10.0 Å². The van der Waals surface area contributed by atoms with Gasteiger partial charge in [0, 0.05) is 30.4 Å². The van der Waals surface area contributed by atoms with Gasteiger partial charge < -0.3 is 9.64 Å². The van der Waals surface area contributed by atoms with E-state index in [0.29, 0.717) is 16.3 Å². The number of hydrogen-bond donors (Lipinski definition) is 0. The highest BCUT2D eigenvalue weighted by Gasteiger charge is 2.32. The highest BCUT2D eigenvalue weighted by molar-refractivity contribution is 7.90. The van der Waals surface area contributed by atoms with Crippen molar-refractivity contribution in [3.8, 4) is 0 Å². The van der Waals surface area contributed by atoms with Crippen LogP contribution < -0.4 is 4.90 Å². The standard InChI is InChI=1S/C24H22ClN3O6S2/c1-27(2)36(32,33)20-13-7-17(8-14-20)24(29)34-16-15-28(19-11-9-18(25)10-12-19)23-21-5-3-4-6-22(21)35(30,31)26-23/h3-14H,15-16H2,1-2H3. The fraction of sp³-hybridized carbons (Fsp3) is 0.167. The molecule has 1 aliphatic rings. The second-order valence-electron chi connectivity index (χ2n) is 7.96. The van der Waals surface area contributed by atoms with Crippen LogP contribution in [-0.4, -0.2) is 60.2 Å². The Morgan fingerprint density at radius 2 is 1.61 bits per heavy atom. The van der Waals surface area contributed by atoms with Crippen LogP contribution in [0.1, 0.15) is 15.9 Å². The smallest absolute Gasteiger partial charge is 0.338 e. The first-order chi connectivity index (χ1) is 17.0. The molecule has 9 nitrogen and oxygen atoms in total. The van der Waals surface area contributed by atoms with E-state index in [-0.39, 0.29) is 34.3 Å². The zero-order chi connectivity index (χ0) is 26.1. The van der Waals surface area contributed by atoms with E-state index in [1.165, 1.54) is 44.4 Å². The lowest BCUT2D eigenvalue weighted by Gasteiger charge is -2.24. The molecular formula is C24H22ClN3O6S2. The minimum absolute atomic E-state index is 0.0529. The second kappa shape index (κ2) is 10.0. The summed E-state index contributed by atoms with van der Waals surface area (Å²) in [5.41, 5.74) is 1.23. The highest BCUT2D eigenvalue weighted by Crippen LogP contribution is 2.30. The Hall–Kier alpha value is -3.25. The van der Waals surface area contributed by atoms with Crippen LogP contribution in [0.25, 0.3) is 0 Å². The van der Waals surface area contributed by atoms with Gasteiger partial charge in [-0.3, -0.25) is 0 Å². The number of sulfonamides is 2. The summed E-state index contributed by atoms with van der Waals surface area (Å²) in [7, 11) is -4.65. The number of esters is 1. The average Bonchev–Trinajstić information content (AvgIpc) is 3.13. The number of ether oxygens (including phenoxy) is 1. The summed E-state index contributed by atoms with van der Waals surface area (Å²) in [6.45, 7) is 0.00357. The largest absolute Gasteiger partial charge is 0.460 e. The number of nitrogens with zero attached hydrogens (tertiary/aromatic N) is 3. The van der Waals surface area contributed by atoms with Gasteiger partial charge in [-0.1, -0.05) is 23.7 Å². The van der Waals surface area contributed by atoms with Crippen molar-refractivity contribution in [1.82, 2.24) is 4.31 Å². The molecule has 0 N–H and O–H groups in total. The van der Waals surface area contributed by atoms with Crippen LogP contribution in [0.2, 0.25) is 5.02 Å². The van der Waals surface area contributed by atoms with Gasteiger partial charge in [-0.05, 0) is 60.7 Å². The van der Waals surface area contributed by atoms with Gasteiger partial charge in [-0.25, -0.2) is 17.5 Å². The molecule has 188 valence electrons. The van der Waals surface area contributed by atoms with Crippen LogP contribution >= 0.6 is 11.6 Å². The number of halogens is 1. The van der Waals surface area contributed by atoms with E-state index in [0.717, 1.165) is 4.31 Å². The Kier molecular flexibility index (Phi) is 7.19. The Bertz CT molecular complexity index is 1540. The predicted molar refractivity (Wildman–Crippen MR) is 137 cm³/mol. The van der Waals surface area contributed by atoms with Crippen molar-refractivity contribution in [2.24, 2.45) is 4.40 Å². The number of carbonyl (C=O) groups is 1.